The Kier molecular flexibility index (Phi) is 4.42. The van der Waals surface area contributed by atoms with E-state index in [1.54, 1.807) is 0 Å². The number of amides is 3. The van der Waals surface area contributed by atoms with Gasteiger partial charge in [-0.15, -0.1) is 0 Å². The van der Waals surface area contributed by atoms with Crippen LogP contribution in [0.5, 0.6) is 0 Å². The summed E-state index contributed by atoms with van der Waals surface area (Å²) in [6.07, 6.45) is 2.41. The number of hydrogen-bond donors (Lipinski definition) is 2. The molecule has 3 amide bonds. The molecule has 1 aliphatic rings. The monoisotopic (exact) mass is 227 g/mol. The number of hydrogen-bond acceptors (Lipinski definition) is 4. The van der Waals surface area contributed by atoms with Gasteiger partial charge in [0.15, 0.2) is 0 Å². The van der Waals surface area contributed by atoms with Gasteiger partial charge in [0.1, 0.15) is 13.1 Å². The Morgan fingerprint density at radius 2 is 2.00 bits per heavy atom. The summed E-state index contributed by atoms with van der Waals surface area (Å²) >= 11 is 0. The van der Waals surface area contributed by atoms with Gasteiger partial charge >= 0.3 is 0 Å². The van der Waals surface area contributed by atoms with Crippen LogP contribution in [0.2, 0.25) is 0 Å². The van der Waals surface area contributed by atoms with Crippen molar-refractivity contribution in [3.05, 3.63) is 0 Å². The number of nitrogens with zero attached hydrogens (tertiary/aromatic N) is 1. The Balaban J connectivity index is 2.52. The van der Waals surface area contributed by atoms with E-state index in [0.29, 0.717) is 6.42 Å². The molecule has 0 aliphatic carbocycles. The average molecular weight is 227 g/mol. The lowest BCUT2D eigenvalue weighted by atomic mass is 10.1. The van der Waals surface area contributed by atoms with Crippen LogP contribution >= 0.6 is 0 Å². The Labute approximate surface area is 94.2 Å². The van der Waals surface area contributed by atoms with E-state index in [2.05, 4.69) is 5.32 Å². The first-order valence-electron chi connectivity index (χ1n) is 5.41. The minimum atomic E-state index is -0.612. The van der Waals surface area contributed by atoms with Crippen molar-refractivity contribution in [1.29, 1.82) is 0 Å². The minimum Gasteiger partial charge on any atom is -0.323 e. The topological polar surface area (TPSA) is 92.5 Å². The zero-order valence-electron chi connectivity index (χ0n) is 9.36. The number of unbranched alkanes of at least 4 members (excludes halogenated alkanes) is 1. The quantitative estimate of drug-likeness (QED) is 0.602. The van der Waals surface area contributed by atoms with Gasteiger partial charge in [-0.05, 0) is 6.42 Å². The maximum Gasteiger partial charge on any atom is 0.246 e. The second-order valence-corrected chi connectivity index (χ2v) is 3.91. The molecule has 0 bridgehead atoms. The molecule has 1 fully saturated rings. The number of nitrogens with two attached hydrogens (primary N) is 1. The highest BCUT2D eigenvalue weighted by Gasteiger charge is 2.28. The Hall–Kier alpha value is -1.43. The largest absolute Gasteiger partial charge is 0.323 e. The van der Waals surface area contributed by atoms with E-state index in [1.807, 2.05) is 6.92 Å². The molecule has 0 aromatic heterocycles. The summed E-state index contributed by atoms with van der Waals surface area (Å²) < 4.78 is 0. The van der Waals surface area contributed by atoms with Crippen molar-refractivity contribution < 1.29 is 14.4 Å². The molecule has 90 valence electrons. The van der Waals surface area contributed by atoms with E-state index in [0.717, 1.165) is 12.8 Å². The van der Waals surface area contributed by atoms with E-state index in [9.17, 15) is 14.4 Å². The summed E-state index contributed by atoms with van der Waals surface area (Å²) in [4.78, 5) is 35.1. The van der Waals surface area contributed by atoms with E-state index in [1.165, 1.54) is 4.90 Å². The van der Waals surface area contributed by atoms with Gasteiger partial charge in [0, 0.05) is 0 Å². The van der Waals surface area contributed by atoms with Crippen LogP contribution in [-0.2, 0) is 14.4 Å². The second kappa shape index (κ2) is 5.60. The van der Waals surface area contributed by atoms with E-state index >= 15 is 0 Å². The molecule has 1 atom stereocenters. The highest BCUT2D eigenvalue weighted by atomic mass is 16.2. The van der Waals surface area contributed by atoms with Gasteiger partial charge in [-0.25, -0.2) is 0 Å². The van der Waals surface area contributed by atoms with Gasteiger partial charge in [-0.2, -0.15) is 0 Å². The molecule has 1 rings (SSSR count). The lowest BCUT2D eigenvalue weighted by molar-refractivity contribution is -0.146. The number of carbonyl (C=O) groups excluding carboxylic acids is 3. The van der Waals surface area contributed by atoms with Gasteiger partial charge in [0.2, 0.25) is 17.7 Å². The van der Waals surface area contributed by atoms with Crippen molar-refractivity contribution in [3.63, 3.8) is 0 Å². The van der Waals surface area contributed by atoms with Crippen molar-refractivity contribution in [3.8, 4) is 0 Å². The molecule has 6 heteroatoms. The molecule has 1 saturated heterocycles. The van der Waals surface area contributed by atoms with Crippen molar-refractivity contribution in [2.75, 3.05) is 13.1 Å². The van der Waals surface area contributed by atoms with Gasteiger partial charge < -0.3 is 10.6 Å². The molecule has 0 aromatic carbocycles. The normalized spacial score (nSPS) is 18.2. The van der Waals surface area contributed by atoms with Crippen molar-refractivity contribution in [1.82, 2.24) is 10.2 Å². The predicted octanol–water partition coefficient (Wildman–Crippen LogP) is -1.01. The Morgan fingerprint density at radius 1 is 1.44 bits per heavy atom. The molecule has 0 spiro atoms. The Morgan fingerprint density at radius 3 is 2.50 bits per heavy atom. The molecule has 1 heterocycles. The highest BCUT2D eigenvalue weighted by Crippen LogP contribution is 2.04. The van der Waals surface area contributed by atoms with E-state index in [4.69, 9.17) is 5.73 Å². The van der Waals surface area contributed by atoms with E-state index < -0.39 is 17.9 Å². The van der Waals surface area contributed by atoms with Crippen LogP contribution in [0.15, 0.2) is 0 Å². The lowest BCUT2D eigenvalue weighted by Gasteiger charge is -2.27. The summed E-state index contributed by atoms with van der Waals surface area (Å²) in [5, 5.41) is 2.13. The number of nitrogens with one attached hydrogen (secondary N) is 1. The predicted molar refractivity (Wildman–Crippen MR) is 57.2 cm³/mol. The van der Waals surface area contributed by atoms with Gasteiger partial charge in [0.25, 0.3) is 0 Å². The number of rotatable bonds is 4. The average Bonchev–Trinajstić information content (AvgIpc) is 2.23. The van der Waals surface area contributed by atoms with Gasteiger partial charge in [0.05, 0.1) is 6.04 Å². The fourth-order valence-corrected chi connectivity index (χ4v) is 1.58. The summed E-state index contributed by atoms with van der Waals surface area (Å²) in [5.74, 6) is -1.23. The van der Waals surface area contributed by atoms with Crippen LogP contribution in [0.4, 0.5) is 0 Å². The molecule has 16 heavy (non-hydrogen) atoms. The van der Waals surface area contributed by atoms with E-state index in [-0.39, 0.29) is 19.0 Å². The third kappa shape index (κ3) is 3.30. The molecule has 0 unspecified atom stereocenters. The summed E-state index contributed by atoms with van der Waals surface area (Å²) in [6.45, 7) is 1.85. The molecule has 0 saturated carbocycles. The molecule has 0 aromatic rings. The Bertz CT molecular complexity index is 288. The third-order valence-electron chi connectivity index (χ3n) is 2.45. The fraction of sp³-hybridized carbons (Fsp3) is 0.700. The molecule has 6 nitrogen and oxygen atoms in total. The summed E-state index contributed by atoms with van der Waals surface area (Å²) in [5.41, 5.74) is 5.69. The zero-order chi connectivity index (χ0) is 12.1. The standard InChI is InChI=1S/C10H17N3O3/c1-2-3-4-7(11)10(16)13-5-8(14)12-9(15)6-13/h7H,2-6,11H2,1H3,(H,12,14,15)/t7-/m0/s1. The number of imide groups is 1. The first-order chi connectivity index (χ1) is 7.54. The maximum atomic E-state index is 11.8. The lowest BCUT2D eigenvalue weighted by Crippen LogP contribution is -2.56. The number of carbonyl (C=O) groups is 3. The minimum absolute atomic E-state index is 0.0790. The van der Waals surface area contributed by atoms with Crippen molar-refractivity contribution in [2.45, 2.75) is 32.2 Å². The molecule has 3 N–H and O–H groups in total. The highest BCUT2D eigenvalue weighted by molar-refractivity contribution is 6.03. The second-order valence-electron chi connectivity index (χ2n) is 3.91. The van der Waals surface area contributed by atoms with Crippen LogP contribution in [0.3, 0.4) is 0 Å². The molecular formula is C10H17N3O3. The first kappa shape index (κ1) is 12.6. The molecule has 1 aliphatic heterocycles. The van der Waals surface area contributed by atoms with Gasteiger partial charge in [-0.3, -0.25) is 19.7 Å². The van der Waals surface area contributed by atoms with Crippen LogP contribution < -0.4 is 11.1 Å². The van der Waals surface area contributed by atoms with Crippen molar-refractivity contribution in [2.24, 2.45) is 5.73 Å². The van der Waals surface area contributed by atoms with Crippen LogP contribution in [0.1, 0.15) is 26.2 Å². The van der Waals surface area contributed by atoms with Crippen LogP contribution in [0, 0.1) is 0 Å². The maximum absolute atomic E-state index is 11.8. The fourth-order valence-electron chi connectivity index (χ4n) is 1.58. The number of piperazine rings is 1. The summed E-state index contributed by atoms with van der Waals surface area (Å²) in [6, 6.07) is -0.612. The van der Waals surface area contributed by atoms with Gasteiger partial charge in [-0.1, -0.05) is 19.8 Å². The van der Waals surface area contributed by atoms with Crippen LogP contribution in [-0.4, -0.2) is 41.8 Å². The molecule has 0 radical (unpaired) electrons. The third-order valence-corrected chi connectivity index (χ3v) is 2.45. The molecular weight excluding hydrogens is 210 g/mol. The smallest absolute Gasteiger partial charge is 0.246 e. The summed E-state index contributed by atoms with van der Waals surface area (Å²) in [7, 11) is 0. The SMILES string of the molecule is CCCC[C@H](N)C(=O)N1CC(=O)NC(=O)C1. The first-order valence-corrected chi connectivity index (χ1v) is 5.41. The zero-order valence-corrected chi connectivity index (χ0v) is 9.36. The van der Waals surface area contributed by atoms with Crippen LogP contribution in [0.25, 0.3) is 0 Å². The van der Waals surface area contributed by atoms with Crippen molar-refractivity contribution >= 4 is 17.7 Å².